The molecule has 0 atom stereocenters. The fourth-order valence-corrected chi connectivity index (χ4v) is 2.81. The minimum atomic E-state index is -0.0871. The highest BCUT2D eigenvalue weighted by Gasteiger charge is 2.17. The van der Waals surface area contributed by atoms with Crippen LogP contribution >= 0.6 is 0 Å². The van der Waals surface area contributed by atoms with Crippen molar-refractivity contribution in [1.82, 2.24) is 25.1 Å². The van der Waals surface area contributed by atoms with E-state index in [4.69, 9.17) is 10.2 Å². The number of aromatic nitrogens is 4. The van der Waals surface area contributed by atoms with E-state index < -0.39 is 0 Å². The molecule has 1 amide bonds. The first-order valence-electron chi connectivity index (χ1n) is 9.00. The Morgan fingerprint density at radius 3 is 2.47 bits per heavy atom. The minimum Gasteiger partial charge on any atom is -0.508 e. The van der Waals surface area contributed by atoms with Crippen molar-refractivity contribution in [2.24, 2.45) is 0 Å². The molecule has 3 N–H and O–H groups in total. The molecule has 9 nitrogen and oxygen atoms in total. The van der Waals surface area contributed by atoms with E-state index in [2.05, 4.69) is 20.2 Å². The number of nitrogens with zero attached hydrogens (tertiary/aromatic N) is 5. The second-order valence-electron chi connectivity index (χ2n) is 6.73. The van der Waals surface area contributed by atoms with Gasteiger partial charge in [-0.05, 0) is 30.3 Å². The zero-order valence-corrected chi connectivity index (χ0v) is 16.3. The maximum absolute atomic E-state index is 12.1. The Labute approximate surface area is 171 Å². The lowest BCUT2D eigenvalue weighted by atomic mass is 10.1. The fraction of sp³-hybridized carbons (Fsp3) is 0.0952. The quantitative estimate of drug-likeness (QED) is 0.533. The van der Waals surface area contributed by atoms with Crippen molar-refractivity contribution in [1.29, 1.82) is 0 Å². The summed E-state index contributed by atoms with van der Waals surface area (Å²) in [6, 6.07) is 13.5. The van der Waals surface area contributed by atoms with Gasteiger partial charge in [-0.1, -0.05) is 18.2 Å². The van der Waals surface area contributed by atoms with Crippen LogP contribution in [-0.2, 0) is 0 Å². The lowest BCUT2D eigenvalue weighted by molar-refractivity contribution is 0.0827. The minimum absolute atomic E-state index is 0.0871. The largest absolute Gasteiger partial charge is 0.508 e. The predicted octanol–water partition coefficient (Wildman–Crippen LogP) is 2.85. The van der Waals surface area contributed by atoms with Crippen LogP contribution in [0.3, 0.4) is 0 Å². The van der Waals surface area contributed by atoms with E-state index in [-0.39, 0.29) is 34.9 Å². The van der Waals surface area contributed by atoms with E-state index in [9.17, 15) is 9.90 Å². The first kappa shape index (κ1) is 19.1. The molecule has 0 saturated heterocycles. The third-order valence-corrected chi connectivity index (χ3v) is 4.36. The van der Waals surface area contributed by atoms with Gasteiger partial charge in [0.25, 0.3) is 11.8 Å². The molecule has 0 aliphatic rings. The summed E-state index contributed by atoms with van der Waals surface area (Å²) in [5, 5.41) is 17.6. The highest BCUT2D eigenvalue weighted by molar-refractivity contribution is 5.94. The zero-order chi connectivity index (χ0) is 21.3. The van der Waals surface area contributed by atoms with Gasteiger partial charge in [-0.3, -0.25) is 4.79 Å². The Hall–Kier alpha value is -4.27. The van der Waals surface area contributed by atoms with Gasteiger partial charge in [-0.25, -0.2) is 9.97 Å². The first-order chi connectivity index (χ1) is 14.4. The van der Waals surface area contributed by atoms with Crippen LogP contribution in [0, 0.1) is 0 Å². The number of benzene rings is 2. The van der Waals surface area contributed by atoms with Gasteiger partial charge in [0.05, 0.1) is 11.9 Å². The molecule has 150 valence electrons. The number of nitrogens with two attached hydrogens (primary N) is 1. The highest BCUT2D eigenvalue weighted by atomic mass is 16.4. The Morgan fingerprint density at radius 1 is 1.03 bits per heavy atom. The van der Waals surface area contributed by atoms with Crippen LogP contribution < -0.4 is 5.73 Å². The van der Waals surface area contributed by atoms with E-state index in [1.165, 1.54) is 17.2 Å². The molecular weight excluding hydrogens is 384 g/mol. The van der Waals surface area contributed by atoms with Crippen molar-refractivity contribution in [2.45, 2.75) is 0 Å². The Morgan fingerprint density at radius 2 is 1.77 bits per heavy atom. The fourth-order valence-electron chi connectivity index (χ4n) is 2.81. The summed E-state index contributed by atoms with van der Waals surface area (Å²) in [4.78, 5) is 22.3. The molecule has 0 unspecified atom stereocenters. The first-order valence-corrected chi connectivity index (χ1v) is 9.00. The van der Waals surface area contributed by atoms with Gasteiger partial charge in [0.2, 0.25) is 5.89 Å². The lowest BCUT2D eigenvalue weighted by Crippen LogP contribution is -2.21. The van der Waals surface area contributed by atoms with Crippen LogP contribution in [0.1, 0.15) is 10.4 Å². The molecule has 0 aliphatic heterocycles. The number of hydrogen-bond acceptors (Lipinski definition) is 8. The topological polar surface area (TPSA) is 131 Å². The second-order valence-corrected chi connectivity index (χ2v) is 6.73. The number of phenolic OH excluding ortho intramolecular Hbond substituents is 1. The van der Waals surface area contributed by atoms with Gasteiger partial charge in [-0.15, -0.1) is 10.2 Å². The molecule has 9 heteroatoms. The molecular formula is C21H18N6O3. The summed E-state index contributed by atoms with van der Waals surface area (Å²) in [6.07, 6.45) is 1.54. The molecule has 4 rings (SSSR count). The standard InChI is InChI=1S/C21H18N6O3/c1-27(2)21(29)13-8-6-12(7-9-13)16-11-23-18(22)17(24-16)20-26-25-19(30-20)14-4-3-5-15(28)10-14/h3-11,28H,1-2H3,(H2,22,23). The third-order valence-electron chi connectivity index (χ3n) is 4.36. The molecule has 2 aromatic carbocycles. The number of phenols is 1. The average molecular weight is 402 g/mol. The van der Waals surface area contributed by atoms with Gasteiger partial charge in [0.1, 0.15) is 5.75 Å². The second kappa shape index (κ2) is 7.63. The molecule has 4 aromatic rings. The number of aromatic hydroxyl groups is 1. The van der Waals surface area contributed by atoms with Crippen LogP contribution in [0.5, 0.6) is 5.75 Å². The number of nitrogen functional groups attached to an aromatic ring is 1. The number of carbonyl (C=O) groups is 1. The maximum atomic E-state index is 12.1. The predicted molar refractivity (Wildman–Crippen MR) is 110 cm³/mol. The number of amides is 1. The van der Waals surface area contributed by atoms with Crippen molar-refractivity contribution < 1.29 is 14.3 Å². The van der Waals surface area contributed by atoms with Gasteiger partial charge in [0.15, 0.2) is 11.5 Å². The van der Waals surface area contributed by atoms with Gasteiger partial charge in [0, 0.05) is 30.8 Å². The number of rotatable bonds is 4. The van der Waals surface area contributed by atoms with Crippen LogP contribution in [0.25, 0.3) is 34.3 Å². The van der Waals surface area contributed by atoms with Crippen LogP contribution in [0.2, 0.25) is 0 Å². The van der Waals surface area contributed by atoms with Gasteiger partial charge in [-0.2, -0.15) is 0 Å². The molecule has 30 heavy (non-hydrogen) atoms. The van der Waals surface area contributed by atoms with Crippen LogP contribution in [-0.4, -0.2) is 50.2 Å². The van der Waals surface area contributed by atoms with Crippen molar-refractivity contribution in [3.63, 3.8) is 0 Å². The SMILES string of the molecule is CN(C)C(=O)c1ccc(-c2cnc(N)c(-c3nnc(-c4cccc(O)c4)o3)n2)cc1. The molecule has 2 aromatic heterocycles. The Bertz CT molecular complexity index is 1220. The van der Waals surface area contributed by atoms with E-state index in [1.54, 1.807) is 56.6 Å². The summed E-state index contributed by atoms with van der Waals surface area (Å²) >= 11 is 0. The van der Waals surface area contributed by atoms with E-state index >= 15 is 0 Å². The van der Waals surface area contributed by atoms with Gasteiger partial charge < -0.3 is 20.2 Å². The van der Waals surface area contributed by atoms with E-state index in [0.29, 0.717) is 16.8 Å². The number of anilines is 1. The Balaban J connectivity index is 1.67. The normalized spacial score (nSPS) is 10.7. The van der Waals surface area contributed by atoms with Crippen molar-refractivity contribution in [3.05, 3.63) is 60.3 Å². The summed E-state index contributed by atoms with van der Waals surface area (Å²) in [5.41, 5.74) is 8.66. The zero-order valence-electron chi connectivity index (χ0n) is 16.3. The van der Waals surface area contributed by atoms with E-state index in [1.807, 2.05) is 0 Å². The molecule has 0 aliphatic carbocycles. The van der Waals surface area contributed by atoms with Crippen molar-refractivity contribution in [2.75, 3.05) is 19.8 Å². The number of hydrogen-bond donors (Lipinski definition) is 2. The summed E-state index contributed by atoms with van der Waals surface area (Å²) < 4.78 is 5.69. The molecule has 0 bridgehead atoms. The van der Waals surface area contributed by atoms with E-state index in [0.717, 1.165) is 5.56 Å². The molecule has 0 fully saturated rings. The summed E-state index contributed by atoms with van der Waals surface area (Å²) in [7, 11) is 3.40. The maximum Gasteiger partial charge on any atom is 0.270 e. The smallest absolute Gasteiger partial charge is 0.270 e. The highest BCUT2D eigenvalue weighted by Crippen LogP contribution is 2.29. The van der Waals surface area contributed by atoms with Crippen molar-refractivity contribution >= 4 is 11.7 Å². The summed E-state index contributed by atoms with van der Waals surface area (Å²) in [6.45, 7) is 0. The monoisotopic (exact) mass is 402 g/mol. The third kappa shape index (κ3) is 3.68. The molecule has 2 heterocycles. The summed E-state index contributed by atoms with van der Waals surface area (Å²) in [5.74, 6) is 0.476. The molecule has 0 spiro atoms. The molecule has 0 radical (unpaired) electrons. The van der Waals surface area contributed by atoms with Crippen LogP contribution in [0.15, 0.2) is 59.1 Å². The van der Waals surface area contributed by atoms with Crippen LogP contribution in [0.4, 0.5) is 5.82 Å². The van der Waals surface area contributed by atoms with Crippen molar-refractivity contribution in [3.8, 4) is 40.0 Å². The van der Waals surface area contributed by atoms with Gasteiger partial charge >= 0.3 is 0 Å². The Kier molecular flexibility index (Phi) is 4.85. The lowest BCUT2D eigenvalue weighted by Gasteiger charge is -2.10. The molecule has 0 saturated carbocycles. The number of carbonyl (C=O) groups excluding carboxylic acids is 1. The average Bonchev–Trinajstić information content (AvgIpc) is 3.24.